The molecule has 0 spiro atoms. The average Bonchev–Trinajstić information content (AvgIpc) is 2.32. The van der Waals surface area contributed by atoms with Crippen LogP contribution in [0.15, 0.2) is 0 Å². The Morgan fingerprint density at radius 1 is 0.750 bits per heavy atom. The Balaban J connectivity index is 2.14. The number of fused-ring (bicyclic) bond motifs is 3. The minimum absolute atomic E-state index is 0.795. The molecule has 94 valence electrons. The van der Waals surface area contributed by atoms with Gasteiger partial charge in [0, 0.05) is 6.04 Å². The number of rotatable bonds is 1. The largest absolute Gasteiger partial charge is 0.316 e. The third-order valence-electron chi connectivity index (χ3n) is 5.20. The van der Waals surface area contributed by atoms with Gasteiger partial charge in [0.2, 0.25) is 0 Å². The SMILES string of the molecule is CNC1C2CCCCCC(CCCC2)C1C. The van der Waals surface area contributed by atoms with Crippen LogP contribution in [0.2, 0.25) is 0 Å². The van der Waals surface area contributed by atoms with E-state index in [1.807, 2.05) is 0 Å². The van der Waals surface area contributed by atoms with Crippen LogP contribution in [0, 0.1) is 17.8 Å². The van der Waals surface area contributed by atoms with E-state index in [0.29, 0.717) is 0 Å². The van der Waals surface area contributed by atoms with Crippen LogP contribution in [0.3, 0.4) is 0 Å². The quantitative estimate of drug-likeness (QED) is 0.709. The van der Waals surface area contributed by atoms with Crippen LogP contribution in [0.25, 0.3) is 0 Å². The molecule has 2 aliphatic carbocycles. The van der Waals surface area contributed by atoms with E-state index in [2.05, 4.69) is 19.3 Å². The Hall–Kier alpha value is -0.0400. The van der Waals surface area contributed by atoms with E-state index in [9.17, 15) is 0 Å². The van der Waals surface area contributed by atoms with Gasteiger partial charge in [-0.1, -0.05) is 51.9 Å². The van der Waals surface area contributed by atoms with E-state index >= 15 is 0 Å². The standard InChI is InChI=1S/C15H29N/c1-12-13-8-4-3-5-10-14(15(12)16-2)11-7-6-9-13/h12-16H,3-11H2,1-2H3. The van der Waals surface area contributed by atoms with Crippen molar-refractivity contribution in [3.8, 4) is 0 Å². The third kappa shape index (κ3) is 2.80. The maximum Gasteiger partial charge on any atom is 0.0121 e. The molecule has 2 rings (SSSR count). The molecule has 16 heavy (non-hydrogen) atoms. The molecule has 4 atom stereocenters. The van der Waals surface area contributed by atoms with Gasteiger partial charge < -0.3 is 5.32 Å². The second kappa shape index (κ2) is 6.05. The number of hydrogen-bond acceptors (Lipinski definition) is 1. The van der Waals surface area contributed by atoms with Gasteiger partial charge in [0.1, 0.15) is 0 Å². The summed E-state index contributed by atoms with van der Waals surface area (Å²) < 4.78 is 0. The Morgan fingerprint density at radius 3 is 1.81 bits per heavy atom. The summed E-state index contributed by atoms with van der Waals surface area (Å²) in [5.41, 5.74) is 0. The lowest BCUT2D eigenvalue weighted by atomic mass is 9.73. The van der Waals surface area contributed by atoms with E-state index in [1.165, 1.54) is 57.8 Å². The maximum absolute atomic E-state index is 3.65. The van der Waals surface area contributed by atoms with Gasteiger partial charge in [-0.2, -0.15) is 0 Å². The summed E-state index contributed by atoms with van der Waals surface area (Å²) >= 11 is 0. The maximum atomic E-state index is 3.65. The molecular weight excluding hydrogens is 194 g/mol. The van der Waals surface area contributed by atoms with Gasteiger partial charge in [0.15, 0.2) is 0 Å². The van der Waals surface area contributed by atoms with Gasteiger partial charge >= 0.3 is 0 Å². The summed E-state index contributed by atoms with van der Waals surface area (Å²) in [6, 6.07) is 0.795. The van der Waals surface area contributed by atoms with Crippen LogP contribution in [0.4, 0.5) is 0 Å². The van der Waals surface area contributed by atoms with Crippen molar-refractivity contribution in [3.05, 3.63) is 0 Å². The minimum Gasteiger partial charge on any atom is -0.316 e. The number of nitrogens with one attached hydrogen (secondary N) is 1. The highest BCUT2D eigenvalue weighted by molar-refractivity contribution is 4.87. The Labute approximate surface area is 101 Å². The van der Waals surface area contributed by atoms with Crippen LogP contribution in [-0.2, 0) is 0 Å². The molecule has 1 heteroatoms. The van der Waals surface area contributed by atoms with Crippen LogP contribution in [-0.4, -0.2) is 13.1 Å². The molecule has 0 radical (unpaired) electrons. The molecule has 2 bridgehead atoms. The lowest BCUT2D eigenvalue weighted by Crippen LogP contribution is -2.42. The van der Waals surface area contributed by atoms with Crippen molar-refractivity contribution in [1.29, 1.82) is 0 Å². The van der Waals surface area contributed by atoms with E-state index in [1.54, 1.807) is 0 Å². The molecule has 2 fully saturated rings. The highest BCUT2D eigenvalue weighted by Gasteiger charge is 2.32. The molecule has 0 aromatic heterocycles. The van der Waals surface area contributed by atoms with E-state index < -0.39 is 0 Å². The summed E-state index contributed by atoms with van der Waals surface area (Å²) in [5, 5.41) is 3.65. The molecule has 2 aliphatic rings. The van der Waals surface area contributed by atoms with Gasteiger partial charge in [-0.05, 0) is 37.6 Å². The molecule has 0 aromatic rings. The summed E-state index contributed by atoms with van der Waals surface area (Å²) in [4.78, 5) is 0. The highest BCUT2D eigenvalue weighted by atomic mass is 14.9. The van der Waals surface area contributed by atoms with E-state index in [4.69, 9.17) is 0 Å². The first-order chi connectivity index (χ1) is 7.83. The predicted molar refractivity (Wildman–Crippen MR) is 70.5 cm³/mol. The zero-order valence-corrected chi connectivity index (χ0v) is 11.2. The Morgan fingerprint density at radius 2 is 1.25 bits per heavy atom. The minimum atomic E-state index is 0.795. The normalized spacial score (nSPS) is 41.6. The summed E-state index contributed by atoms with van der Waals surface area (Å²) in [6.07, 6.45) is 13.3. The molecule has 1 N–H and O–H groups in total. The second-order valence-electron chi connectivity index (χ2n) is 6.12. The lowest BCUT2D eigenvalue weighted by molar-refractivity contribution is 0.165. The predicted octanol–water partition coefficient (Wildman–Crippen LogP) is 3.98. The van der Waals surface area contributed by atoms with Crippen molar-refractivity contribution < 1.29 is 0 Å². The fourth-order valence-electron chi connectivity index (χ4n) is 4.20. The Bertz CT molecular complexity index is 200. The van der Waals surface area contributed by atoms with Crippen molar-refractivity contribution in [2.24, 2.45) is 17.8 Å². The highest BCUT2D eigenvalue weighted by Crippen LogP contribution is 2.37. The molecule has 1 nitrogen and oxygen atoms in total. The van der Waals surface area contributed by atoms with E-state index in [-0.39, 0.29) is 0 Å². The molecule has 0 saturated heterocycles. The monoisotopic (exact) mass is 223 g/mol. The topological polar surface area (TPSA) is 12.0 Å². The summed E-state index contributed by atoms with van der Waals surface area (Å²) in [6.45, 7) is 2.51. The zero-order valence-electron chi connectivity index (χ0n) is 11.2. The molecule has 0 aromatic carbocycles. The van der Waals surface area contributed by atoms with Gasteiger partial charge in [0.05, 0.1) is 0 Å². The zero-order chi connectivity index (χ0) is 11.4. The first-order valence-corrected chi connectivity index (χ1v) is 7.50. The third-order valence-corrected chi connectivity index (χ3v) is 5.20. The fraction of sp³-hybridized carbons (Fsp3) is 1.00. The average molecular weight is 223 g/mol. The van der Waals surface area contributed by atoms with Gasteiger partial charge in [-0.3, -0.25) is 0 Å². The first-order valence-electron chi connectivity index (χ1n) is 7.50. The first kappa shape index (κ1) is 12.4. The molecule has 2 saturated carbocycles. The molecular formula is C15H29N. The second-order valence-corrected chi connectivity index (χ2v) is 6.12. The molecule has 0 heterocycles. The smallest absolute Gasteiger partial charge is 0.0121 e. The lowest BCUT2D eigenvalue weighted by Gasteiger charge is -2.38. The molecule has 0 aliphatic heterocycles. The van der Waals surface area contributed by atoms with Gasteiger partial charge in [0.25, 0.3) is 0 Å². The van der Waals surface area contributed by atoms with Crippen molar-refractivity contribution in [2.45, 2.75) is 70.8 Å². The van der Waals surface area contributed by atoms with Crippen LogP contribution < -0.4 is 5.32 Å². The van der Waals surface area contributed by atoms with Crippen LogP contribution in [0.5, 0.6) is 0 Å². The summed E-state index contributed by atoms with van der Waals surface area (Å²) in [7, 11) is 2.19. The van der Waals surface area contributed by atoms with Crippen LogP contribution >= 0.6 is 0 Å². The van der Waals surface area contributed by atoms with E-state index in [0.717, 1.165) is 23.8 Å². The van der Waals surface area contributed by atoms with Crippen molar-refractivity contribution in [3.63, 3.8) is 0 Å². The molecule has 4 unspecified atom stereocenters. The molecule has 0 amide bonds. The fourth-order valence-corrected chi connectivity index (χ4v) is 4.20. The van der Waals surface area contributed by atoms with Crippen LogP contribution in [0.1, 0.15) is 64.7 Å². The number of hydrogen-bond donors (Lipinski definition) is 1. The Kier molecular flexibility index (Phi) is 4.69. The van der Waals surface area contributed by atoms with Gasteiger partial charge in [-0.15, -0.1) is 0 Å². The van der Waals surface area contributed by atoms with Crippen molar-refractivity contribution in [2.75, 3.05) is 7.05 Å². The summed E-state index contributed by atoms with van der Waals surface area (Å²) in [5.74, 6) is 2.85. The van der Waals surface area contributed by atoms with Crippen molar-refractivity contribution >= 4 is 0 Å². The van der Waals surface area contributed by atoms with Crippen molar-refractivity contribution in [1.82, 2.24) is 5.32 Å². The van der Waals surface area contributed by atoms with Gasteiger partial charge in [-0.25, -0.2) is 0 Å².